The van der Waals surface area contributed by atoms with Crippen molar-refractivity contribution in [3.05, 3.63) is 34.3 Å². The van der Waals surface area contributed by atoms with E-state index < -0.39 is 0 Å². The third-order valence-corrected chi connectivity index (χ3v) is 6.33. The first-order valence-electron chi connectivity index (χ1n) is 10.5. The molecule has 0 aromatic heterocycles. The van der Waals surface area contributed by atoms with Crippen LogP contribution >= 0.6 is 15.9 Å². The van der Waals surface area contributed by atoms with E-state index in [2.05, 4.69) is 40.0 Å². The summed E-state index contributed by atoms with van der Waals surface area (Å²) in [6.07, 6.45) is 3.58. The smallest absolute Gasteiger partial charge is 0.253 e. The van der Waals surface area contributed by atoms with Crippen LogP contribution in [0.25, 0.3) is 0 Å². The lowest BCUT2D eigenvalue weighted by atomic mass is 9.94. The number of likely N-dealkylation sites (tertiary alicyclic amines) is 2. The molecule has 0 atom stereocenters. The molecule has 3 rings (SSSR count). The van der Waals surface area contributed by atoms with Crippen LogP contribution in [0, 0.1) is 11.8 Å². The molecular weight excluding hydrogens is 418 g/mol. The van der Waals surface area contributed by atoms with Gasteiger partial charge in [0.1, 0.15) is 0 Å². The minimum Gasteiger partial charge on any atom is -0.353 e. The highest BCUT2D eigenvalue weighted by Gasteiger charge is 2.29. The molecular formula is C22H32BrN3O2. The highest BCUT2D eigenvalue weighted by atomic mass is 79.9. The van der Waals surface area contributed by atoms with E-state index in [0.717, 1.165) is 49.8 Å². The van der Waals surface area contributed by atoms with Crippen LogP contribution in [0.2, 0.25) is 0 Å². The Labute approximate surface area is 177 Å². The number of hydrogen-bond acceptors (Lipinski definition) is 3. The number of amides is 2. The molecule has 0 aliphatic carbocycles. The number of nitrogens with zero attached hydrogens (tertiary/aromatic N) is 2. The highest BCUT2D eigenvalue weighted by Crippen LogP contribution is 2.21. The molecule has 5 nitrogen and oxygen atoms in total. The summed E-state index contributed by atoms with van der Waals surface area (Å²) in [7, 11) is 0. The van der Waals surface area contributed by atoms with Crippen molar-refractivity contribution in [1.29, 1.82) is 0 Å². The largest absolute Gasteiger partial charge is 0.353 e. The first kappa shape index (κ1) is 21.3. The van der Waals surface area contributed by atoms with Crippen LogP contribution in [-0.4, -0.2) is 60.4 Å². The standard InChI is InChI=1S/C22H32BrN3O2/c1-16(2)15-25-11-9-20(10-12-25)24-21(27)17-7-13-26(14-8-17)22(28)18-3-5-19(23)6-4-18/h3-6,16-17,20H,7-15H2,1-2H3,(H,24,27). The van der Waals surface area contributed by atoms with Crippen LogP contribution < -0.4 is 5.32 Å². The molecule has 154 valence electrons. The quantitative estimate of drug-likeness (QED) is 0.747. The molecule has 2 heterocycles. The predicted molar refractivity (Wildman–Crippen MR) is 115 cm³/mol. The Hall–Kier alpha value is -1.40. The zero-order chi connectivity index (χ0) is 20.1. The molecule has 0 bridgehead atoms. The summed E-state index contributed by atoms with van der Waals surface area (Å²) in [5.74, 6) is 0.959. The van der Waals surface area contributed by atoms with Gasteiger partial charge in [0, 0.05) is 54.7 Å². The summed E-state index contributed by atoms with van der Waals surface area (Å²) in [5, 5.41) is 3.27. The maximum absolute atomic E-state index is 12.7. The van der Waals surface area contributed by atoms with Crippen LogP contribution in [0.3, 0.4) is 0 Å². The second-order valence-electron chi connectivity index (χ2n) is 8.55. The lowest BCUT2D eigenvalue weighted by Gasteiger charge is -2.35. The molecule has 0 unspecified atom stereocenters. The minimum absolute atomic E-state index is 0.0302. The van der Waals surface area contributed by atoms with Gasteiger partial charge in [-0.3, -0.25) is 9.59 Å². The molecule has 2 aliphatic rings. The predicted octanol–water partition coefficient (Wildman–Crippen LogP) is 3.54. The molecule has 0 spiro atoms. The fraction of sp³-hybridized carbons (Fsp3) is 0.636. The summed E-state index contributed by atoms with van der Waals surface area (Å²) in [4.78, 5) is 29.7. The molecule has 6 heteroatoms. The zero-order valence-electron chi connectivity index (χ0n) is 17.0. The number of piperidine rings is 2. The van der Waals surface area contributed by atoms with Gasteiger partial charge in [0.2, 0.25) is 5.91 Å². The summed E-state index contributed by atoms with van der Waals surface area (Å²) >= 11 is 3.40. The first-order chi connectivity index (χ1) is 13.4. The van der Waals surface area contributed by atoms with Gasteiger partial charge >= 0.3 is 0 Å². The average molecular weight is 450 g/mol. The second-order valence-corrected chi connectivity index (χ2v) is 9.47. The normalized spacial score (nSPS) is 19.8. The fourth-order valence-corrected chi connectivity index (χ4v) is 4.48. The van der Waals surface area contributed by atoms with Gasteiger partial charge in [-0.15, -0.1) is 0 Å². The van der Waals surface area contributed by atoms with Gasteiger partial charge in [-0.1, -0.05) is 29.8 Å². The van der Waals surface area contributed by atoms with Crippen LogP contribution in [0.1, 0.15) is 49.9 Å². The molecule has 1 aromatic rings. The number of carbonyl (C=O) groups excluding carboxylic acids is 2. The van der Waals surface area contributed by atoms with Crippen molar-refractivity contribution < 1.29 is 9.59 Å². The number of carbonyl (C=O) groups is 2. The Balaban J connectivity index is 1.41. The molecule has 1 aromatic carbocycles. The lowest BCUT2D eigenvalue weighted by Crippen LogP contribution is -2.49. The SMILES string of the molecule is CC(C)CN1CCC(NC(=O)C2CCN(C(=O)c3ccc(Br)cc3)CC2)CC1. The van der Waals surface area contributed by atoms with Crippen LogP contribution in [-0.2, 0) is 4.79 Å². The Morgan fingerprint density at radius 1 is 1.04 bits per heavy atom. The Morgan fingerprint density at radius 2 is 1.64 bits per heavy atom. The van der Waals surface area contributed by atoms with Crippen molar-refractivity contribution in [2.75, 3.05) is 32.7 Å². The molecule has 0 saturated carbocycles. The van der Waals surface area contributed by atoms with E-state index in [0.29, 0.717) is 30.6 Å². The van der Waals surface area contributed by atoms with Crippen molar-refractivity contribution in [3.63, 3.8) is 0 Å². The maximum Gasteiger partial charge on any atom is 0.253 e. The Bertz CT molecular complexity index is 661. The number of benzene rings is 1. The Morgan fingerprint density at radius 3 is 2.21 bits per heavy atom. The van der Waals surface area contributed by atoms with Crippen LogP contribution in [0.5, 0.6) is 0 Å². The lowest BCUT2D eigenvalue weighted by molar-refractivity contribution is -0.127. The van der Waals surface area contributed by atoms with E-state index in [4.69, 9.17) is 0 Å². The third-order valence-electron chi connectivity index (χ3n) is 5.80. The Kier molecular flexibility index (Phi) is 7.52. The molecule has 2 fully saturated rings. The zero-order valence-corrected chi connectivity index (χ0v) is 18.6. The van der Waals surface area contributed by atoms with Crippen molar-refractivity contribution in [3.8, 4) is 0 Å². The molecule has 0 radical (unpaired) electrons. The molecule has 1 N–H and O–H groups in total. The minimum atomic E-state index is 0.0302. The number of nitrogens with one attached hydrogen (secondary N) is 1. The van der Waals surface area contributed by atoms with E-state index in [-0.39, 0.29) is 17.7 Å². The van der Waals surface area contributed by atoms with E-state index >= 15 is 0 Å². The molecule has 2 amide bonds. The molecule has 2 saturated heterocycles. The summed E-state index contributed by atoms with van der Waals surface area (Å²) in [5.41, 5.74) is 0.708. The van der Waals surface area contributed by atoms with Gasteiger partial charge in [0.25, 0.3) is 5.91 Å². The van der Waals surface area contributed by atoms with Gasteiger partial charge in [0.15, 0.2) is 0 Å². The van der Waals surface area contributed by atoms with E-state index in [1.807, 2.05) is 29.2 Å². The molecule has 28 heavy (non-hydrogen) atoms. The average Bonchev–Trinajstić information content (AvgIpc) is 2.69. The fourth-order valence-electron chi connectivity index (χ4n) is 4.22. The summed E-state index contributed by atoms with van der Waals surface area (Å²) in [6.45, 7) is 9.10. The first-order valence-corrected chi connectivity index (χ1v) is 11.3. The van der Waals surface area contributed by atoms with E-state index in [1.165, 1.54) is 0 Å². The van der Waals surface area contributed by atoms with Crippen molar-refractivity contribution in [2.45, 2.75) is 45.6 Å². The summed E-state index contributed by atoms with van der Waals surface area (Å²) < 4.78 is 0.967. The highest BCUT2D eigenvalue weighted by molar-refractivity contribution is 9.10. The van der Waals surface area contributed by atoms with Gasteiger partial charge in [-0.05, 0) is 55.9 Å². The summed E-state index contributed by atoms with van der Waals surface area (Å²) in [6, 6.07) is 7.77. The number of halogens is 1. The van der Waals surface area contributed by atoms with E-state index in [1.54, 1.807) is 0 Å². The van der Waals surface area contributed by atoms with Crippen LogP contribution in [0.15, 0.2) is 28.7 Å². The topological polar surface area (TPSA) is 52.7 Å². The number of rotatable bonds is 5. The van der Waals surface area contributed by atoms with Gasteiger partial charge < -0.3 is 15.1 Å². The number of hydrogen-bond donors (Lipinski definition) is 1. The van der Waals surface area contributed by atoms with Crippen molar-refractivity contribution in [1.82, 2.24) is 15.1 Å². The van der Waals surface area contributed by atoms with Crippen molar-refractivity contribution in [2.24, 2.45) is 11.8 Å². The maximum atomic E-state index is 12.7. The van der Waals surface area contributed by atoms with Gasteiger partial charge in [-0.25, -0.2) is 0 Å². The second kappa shape index (κ2) is 9.88. The van der Waals surface area contributed by atoms with Crippen molar-refractivity contribution >= 4 is 27.7 Å². The van der Waals surface area contributed by atoms with Crippen LogP contribution in [0.4, 0.5) is 0 Å². The van der Waals surface area contributed by atoms with Gasteiger partial charge in [0.05, 0.1) is 0 Å². The van der Waals surface area contributed by atoms with E-state index in [9.17, 15) is 9.59 Å². The monoisotopic (exact) mass is 449 g/mol. The van der Waals surface area contributed by atoms with Gasteiger partial charge in [-0.2, -0.15) is 0 Å². The molecule has 2 aliphatic heterocycles. The third kappa shape index (κ3) is 5.80.